The molecule has 2 aromatic carbocycles. The van der Waals surface area contributed by atoms with Gasteiger partial charge in [-0.1, -0.05) is 49.4 Å². The van der Waals surface area contributed by atoms with Crippen LogP contribution in [0, 0.1) is 0 Å². The second kappa shape index (κ2) is 8.46. The molecular formula is C24H32N4. The molecule has 4 heteroatoms. The molecule has 0 bridgehead atoms. The summed E-state index contributed by atoms with van der Waals surface area (Å²) in [6.45, 7) is 13.3. The van der Waals surface area contributed by atoms with Crippen LogP contribution in [0.1, 0.15) is 32.9 Å². The van der Waals surface area contributed by atoms with E-state index < -0.39 is 0 Å². The lowest BCUT2D eigenvalue weighted by atomic mass is 10.0. The van der Waals surface area contributed by atoms with Gasteiger partial charge in [0.2, 0.25) is 0 Å². The third-order valence-corrected chi connectivity index (χ3v) is 6.20. The number of nitrogens with zero attached hydrogens (tertiary/aromatic N) is 4. The molecular weight excluding hydrogens is 344 g/mol. The smallest absolute Gasteiger partial charge is 0.140 e. The van der Waals surface area contributed by atoms with Crippen LogP contribution < -0.4 is 0 Å². The SMILES string of the molecule is CCC(C)N1CCN(Cc2cn(CC)c(-c3cccc4ccccc34)n2)CC1. The zero-order valence-corrected chi connectivity index (χ0v) is 17.4. The van der Waals surface area contributed by atoms with Gasteiger partial charge in [0.25, 0.3) is 0 Å². The molecule has 1 saturated heterocycles. The van der Waals surface area contributed by atoms with Crippen LogP contribution in [0.4, 0.5) is 0 Å². The predicted molar refractivity (Wildman–Crippen MR) is 117 cm³/mol. The minimum absolute atomic E-state index is 0.694. The maximum Gasteiger partial charge on any atom is 0.140 e. The van der Waals surface area contributed by atoms with Crippen molar-refractivity contribution in [1.29, 1.82) is 0 Å². The highest BCUT2D eigenvalue weighted by Crippen LogP contribution is 2.28. The number of fused-ring (bicyclic) bond motifs is 1. The number of aryl methyl sites for hydroxylation is 1. The maximum absolute atomic E-state index is 5.07. The highest BCUT2D eigenvalue weighted by atomic mass is 15.3. The summed E-state index contributed by atoms with van der Waals surface area (Å²) in [5, 5.41) is 2.55. The van der Waals surface area contributed by atoms with Crippen molar-refractivity contribution in [3.8, 4) is 11.4 Å². The number of hydrogen-bond donors (Lipinski definition) is 0. The Morgan fingerprint density at radius 3 is 2.46 bits per heavy atom. The Labute approximate surface area is 168 Å². The first-order chi connectivity index (χ1) is 13.7. The van der Waals surface area contributed by atoms with Gasteiger partial charge in [-0.3, -0.25) is 9.80 Å². The maximum atomic E-state index is 5.07. The summed E-state index contributed by atoms with van der Waals surface area (Å²) in [6, 6.07) is 15.8. The van der Waals surface area contributed by atoms with Gasteiger partial charge in [0.1, 0.15) is 5.82 Å². The fraction of sp³-hybridized carbons (Fsp3) is 0.458. The van der Waals surface area contributed by atoms with Crippen LogP contribution in [0.5, 0.6) is 0 Å². The van der Waals surface area contributed by atoms with Gasteiger partial charge in [0.15, 0.2) is 0 Å². The van der Waals surface area contributed by atoms with Gasteiger partial charge in [-0.25, -0.2) is 4.98 Å². The van der Waals surface area contributed by atoms with Crippen LogP contribution in [0.3, 0.4) is 0 Å². The first-order valence-corrected chi connectivity index (χ1v) is 10.7. The molecule has 2 heterocycles. The summed E-state index contributed by atoms with van der Waals surface area (Å²) in [4.78, 5) is 10.2. The second-order valence-corrected chi connectivity index (χ2v) is 7.94. The molecule has 1 aromatic heterocycles. The second-order valence-electron chi connectivity index (χ2n) is 7.94. The minimum atomic E-state index is 0.694. The molecule has 0 aliphatic carbocycles. The van der Waals surface area contributed by atoms with Gasteiger partial charge in [-0.2, -0.15) is 0 Å². The van der Waals surface area contributed by atoms with Crippen molar-refractivity contribution in [2.24, 2.45) is 0 Å². The summed E-state index contributed by atoms with van der Waals surface area (Å²) in [6.07, 6.45) is 3.48. The van der Waals surface area contributed by atoms with E-state index >= 15 is 0 Å². The topological polar surface area (TPSA) is 24.3 Å². The van der Waals surface area contributed by atoms with Crippen LogP contribution in [0.25, 0.3) is 22.2 Å². The fourth-order valence-electron chi connectivity index (χ4n) is 4.27. The Kier molecular flexibility index (Phi) is 5.79. The molecule has 1 unspecified atom stereocenters. The number of hydrogen-bond acceptors (Lipinski definition) is 3. The Morgan fingerprint density at radius 2 is 1.71 bits per heavy atom. The standard InChI is InChI=1S/C24H32N4/c1-4-19(3)28-15-13-26(14-16-28)17-21-18-27(5-2)24(25-21)23-12-8-10-20-9-6-7-11-22(20)23/h6-12,18-19H,4-5,13-17H2,1-3H3. The molecule has 3 aromatic rings. The molecule has 1 fully saturated rings. The van der Waals surface area contributed by atoms with Gasteiger partial charge in [-0.05, 0) is 31.0 Å². The molecule has 1 atom stereocenters. The monoisotopic (exact) mass is 376 g/mol. The number of imidazole rings is 1. The number of benzene rings is 2. The summed E-state index contributed by atoms with van der Waals surface area (Å²) >= 11 is 0. The first kappa shape index (κ1) is 19.2. The molecule has 0 radical (unpaired) electrons. The van der Waals surface area contributed by atoms with Gasteiger partial charge < -0.3 is 4.57 Å². The van der Waals surface area contributed by atoms with E-state index in [1.54, 1.807) is 0 Å². The van der Waals surface area contributed by atoms with E-state index in [1.165, 1.54) is 41.5 Å². The average molecular weight is 377 g/mol. The van der Waals surface area contributed by atoms with Crippen LogP contribution in [0.15, 0.2) is 48.7 Å². The Hall–Kier alpha value is -2.17. The van der Waals surface area contributed by atoms with E-state index in [9.17, 15) is 0 Å². The van der Waals surface area contributed by atoms with E-state index in [0.717, 1.165) is 32.0 Å². The van der Waals surface area contributed by atoms with Crippen LogP contribution in [0.2, 0.25) is 0 Å². The summed E-state index contributed by atoms with van der Waals surface area (Å²) in [5.74, 6) is 1.09. The van der Waals surface area contributed by atoms with Gasteiger partial charge in [-0.15, -0.1) is 0 Å². The highest BCUT2D eigenvalue weighted by molar-refractivity contribution is 5.95. The van der Waals surface area contributed by atoms with Crippen molar-refractivity contribution >= 4 is 10.8 Å². The van der Waals surface area contributed by atoms with Crippen molar-refractivity contribution < 1.29 is 0 Å². The summed E-state index contributed by atoms with van der Waals surface area (Å²) in [5.41, 5.74) is 2.41. The molecule has 0 saturated carbocycles. The first-order valence-electron chi connectivity index (χ1n) is 10.7. The summed E-state index contributed by atoms with van der Waals surface area (Å²) < 4.78 is 2.30. The molecule has 1 aliphatic heterocycles. The fourth-order valence-corrected chi connectivity index (χ4v) is 4.27. The molecule has 28 heavy (non-hydrogen) atoms. The van der Waals surface area contributed by atoms with Crippen LogP contribution >= 0.6 is 0 Å². The molecule has 1 aliphatic rings. The largest absolute Gasteiger partial charge is 0.331 e. The van der Waals surface area contributed by atoms with Crippen LogP contribution in [-0.2, 0) is 13.1 Å². The van der Waals surface area contributed by atoms with Gasteiger partial charge >= 0.3 is 0 Å². The highest BCUT2D eigenvalue weighted by Gasteiger charge is 2.21. The molecule has 148 valence electrons. The van der Waals surface area contributed by atoms with Gasteiger partial charge in [0, 0.05) is 57.1 Å². The van der Waals surface area contributed by atoms with E-state index in [4.69, 9.17) is 4.98 Å². The van der Waals surface area contributed by atoms with Crippen molar-refractivity contribution in [2.75, 3.05) is 26.2 Å². The zero-order valence-electron chi connectivity index (χ0n) is 17.4. The normalized spacial score (nSPS) is 17.2. The summed E-state index contributed by atoms with van der Waals surface area (Å²) in [7, 11) is 0. The Balaban J connectivity index is 1.54. The third-order valence-electron chi connectivity index (χ3n) is 6.20. The quantitative estimate of drug-likeness (QED) is 0.626. The lowest BCUT2D eigenvalue weighted by molar-refractivity contribution is 0.0957. The van der Waals surface area contributed by atoms with Crippen LogP contribution in [-0.4, -0.2) is 51.6 Å². The molecule has 0 amide bonds. The van der Waals surface area contributed by atoms with E-state index in [0.29, 0.717) is 6.04 Å². The van der Waals surface area contributed by atoms with E-state index in [-0.39, 0.29) is 0 Å². The molecule has 0 spiro atoms. The lowest BCUT2D eigenvalue weighted by Crippen LogP contribution is -2.49. The van der Waals surface area contributed by atoms with Crippen molar-refractivity contribution in [3.05, 3.63) is 54.4 Å². The van der Waals surface area contributed by atoms with Crippen molar-refractivity contribution in [1.82, 2.24) is 19.4 Å². The van der Waals surface area contributed by atoms with E-state index in [1.807, 2.05) is 0 Å². The number of aromatic nitrogens is 2. The van der Waals surface area contributed by atoms with Crippen molar-refractivity contribution in [3.63, 3.8) is 0 Å². The zero-order chi connectivity index (χ0) is 19.5. The number of rotatable bonds is 6. The average Bonchev–Trinajstić information content (AvgIpc) is 3.16. The Morgan fingerprint density at radius 1 is 0.964 bits per heavy atom. The third kappa shape index (κ3) is 3.85. The predicted octanol–water partition coefficient (Wildman–Crippen LogP) is 4.64. The molecule has 4 nitrogen and oxygen atoms in total. The van der Waals surface area contributed by atoms with Gasteiger partial charge in [0.05, 0.1) is 5.69 Å². The lowest BCUT2D eigenvalue weighted by Gasteiger charge is -2.37. The Bertz CT molecular complexity index is 916. The number of piperazine rings is 1. The molecule has 4 rings (SSSR count). The van der Waals surface area contributed by atoms with Crippen molar-refractivity contribution in [2.45, 2.75) is 46.3 Å². The minimum Gasteiger partial charge on any atom is -0.331 e. The van der Waals surface area contributed by atoms with E-state index in [2.05, 4.69) is 83.8 Å². The molecule has 0 N–H and O–H groups in total.